The molecule has 0 radical (unpaired) electrons. The Morgan fingerprint density at radius 1 is 1.19 bits per heavy atom. The second-order valence-electron chi connectivity index (χ2n) is 7.00. The summed E-state index contributed by atoms with van der Waals surface area (Å²) in [6.07, 6.45) is 2.47. The van der Waals surface area contributed by atoms with E-state index in [1.54, 1.807) is 29.0 Å². The minimum atomic E-state index is -5.58. The Kier molecular flexibility index (Phi) is 5.40. The number of benzene rings is 2. The molecule has 1 aliphatic rings. The standard InChI is InChI=1S/C20H17F3N2O5S/c21-20(22,23)31(27,28)25-16-4-2-1-3-14(16)12-5-6-15-17(9-12)30-11-13(19(15)26)10-18-24-7-8-29-18/h1-9,13,19,25-26H,10-11H2/t13-,19+/m1/s1. The number of aromatic nitrogens is 1. The summed E-state index contributed by atoms with van der Waals surface area (Å²) < 4.78 is 74.0. The molecule has 3 aromatic rings. The number of anilines is 1. The fourth-order valence-electron chi connectivity index (χ4n) is 3.39. The van der Waals surface area contributed by atoms with Gasteiger partial charge in [0.05, 0.1) is 24.6 Å². The molecule has 1 aromatic heterocycles. The third-order valence-corrected chi connectivity index (χ3v) is 6.04. The number of aliphatic hydroxyl groups excluding tert-OH is 1. The van der Waals surface area contributed by atoms with Crippen LogP contribution in [0.2, 0.25) is 0 Å². The summed E-state index contributed by atoms with van der Waals surface area (Å²) in [5.74, 6) is 0.545. The van der Waals surface area contributed by atoms with E-state index in [4.69, 9.17) is 9.15 Å². The number of fused-ring (bicyclic) bond motifs is 1. The van der Waals surface area contributed by atoms with Gasteiger partial charge in [-0.2, -0.15) is 21.6 Å². The van der Waals surface area contributed by atoms with E-state index in [1.165, 1.54) is 30.7 Å². The molecule has 2 N–H and O–H groups in total. The molecule has 7 nitrogen and oxygen atoms in total. The number of hydrogen-bond donors (Lipinski definition) is 2. The third kappa shape index (κ3) is 4.23. The van der Waals surface area contributed by atoms with Gasteiger partial charge in [0.25, 0.3) is 0 Å². The van der Waals surface area contributed by atoms with Gasteiger partial charge >= 0.3 is 15.5 Å². The molecule has 0 saturated heterocycles. The SMILES string of the molecule is O=S(=O)(Nc1ccccc1-c1ccc2c(c1)OC[C@@H](Cc1ncco1)[C@@H]2O)C(F)(F)F. The Hall–Kier alpha value is -3.05. The molecule has 2 aromatic carbocycles. The van der Waals surface area contributed by atoms with Crippen molar-refractivity contribution in [2.75, 3.05) is 11.3 Å². The zero-order valence-electron chi connectivity index (χ0n) is 15.8. The number of para-hydroxylation sites is 1. The van der Waals surface area contributed by atoms with Crippen molar-refractivity contribution in [1.82, 2.24) is 4.98 Å². The Balaban J connectivity index is 1.62. The number of alkyl halides is 3. The molecule has 0 amide bonds. The number of oxazole rings is 1. The fraction of sp³-hybridized carbons (Fsp3) is 0.250. The Bertz CT molecular complexity index is 1180. The van der Waals surface area contributed by atoms with Crippen LogP contribution in [0.4, 0.5) is 18.9 Å². The largest absolute Gasteiger partial charge is 0.516 e. The van der Waals surface area contributed by atoms with Crippen molar-refractivity contribution in [3.8, 4) is 16.9 Å². The molecule has 0 spiro atoms. The first-order valence-corrected chi connectivity index (χ1v) is 10.7. The highest BCUT2D eigenvalue weighted by molar-refractivity contribution is 7.93. The zero-order chi connectivity index (χ0) is 22.2. The van der Waals surface area contributed by atoms with Crippen molar-refractivity contribution in [2.24, 2.45) is 5.92 Å². The molecule has 4 rings (SSSR count). The quantitative estimate of drug-likeness (QED) is 0.607. The van der Waals surface area contributed by atoms with Gasteiger partial charge in [-0.1, -0.05) is 30.3 Å². The highest BCUT2D eigenvalue weighted by atomic mass is 32.2. The highest BCUT2D eigenvalue weighted by Gasteiger charge is 2.46. The summed E-state index contributed by atoms with van der Waals surface area (Å²) in [7, 11) is -5.58. The lowest BCUT2D eigenvalue weighted by atomic mass is 9.89. The molecular weight excluding hydrogens is 437 g/mol. The van der Waals surface area contributed by atoms with Crippen LogP contribution in [0.25, 0.3) is 11.1 Å². The van der Waals surface area contributed by atoms with Crippen LogP contribution < -0.4 is 9.46 Å². The van der Waals surface area contributed by atoms with Crippen LogP contribution >= 0.6 is 0 Å². The lowest BCUT2D eigenvalue weighted by Gasteiger charge is -2.30. The van der Waals surface area contributed by atoms with Gasteiger partial charge in [-0.15, -0.1) is 0 Å². The maximum absolute atomic E-state index is 12.8. The van der Waals surface area contributed by atoms with E-state index in [2.05, 4.69) is 4.98 Å². The van der Waals surface area contributed by atoms with Gasteiger partial charge in [0.1, 0.15) is 12.0 Å². The van der Waals surface area contributed by atoms with Crippen molar-refractivity contribution in [2.45, 2.75) is 18.0 Å². The van der Waals surface area contributed by atoms with Gasteiger partial charge in [-0.05, 0) is 17.7 Å². The van der Waals surface area contributed by atoms with E-state index in [9.17, 15) is 26.7 Å². The third-order valence-electron chi connectivity index (χ3n) is 4.94. The predicted molar refractivity (Wildman–Crippen MR) is 105 cm³/mol. The van der Waals surface area contributed by atoms with Crippen LogP contribution in [0.15, 0.2) is 59.3 Å². The summed E-state index contributed by atoms with van der Waals surface area (Å²) in [6, 6.07) is 10.5. The van der Waals surface area contributed by atoms with Crippen LogP contribution in [0.1, 0.15) is 17.6 Å². The molecule has 0 bridgehead atoms. The molecule has 164 valence electrons. The second-order valence-corrected chi connectivity index (χ2v) is 8.67. The van der Waals surface area contributed by atoms with Crippen LogP contribution in [-0.2, 0) is 16.4 Å². The molecule has 0 unspecified atom stereocenters. The van der Waals surface area contributed by atoms with Gasteiger partial charge in [0.2, 0.25) is 0 Å². The number of nitrogens with one attached hydrogen (secondary N) is 1. The van der Waals surface area contributed by atoms with Gasteiger partial charge in [-0.3, -0.25) is 4.72 Å². The first-order valence-electron chi connectivity index (χ1n) is 9.17. The summed E-state index contributed by atoms with van der Waals surface area (Å²) >= 11 is 0. The van der Waals surface area contributed by atoms with E-state index in [1.807, 2.05) is 0 Å². The number of halogens is 3. The van der Waals surface area contributed by atoms with Crippen LogP contribution in [0.3, 0.4) is 0 Å². The van der Waals surface area contributed by atoms with E-state index in [-0.39, 0.29) is 23.8 Å². The van der Waals surface area contributed by atoms with Crippen molar-refractivity contribution in [3.05, 3.63) is 66.4 Å². The molecule has 2 atom stereocenters. The zero-order valence-corrected chi connectivity index (χ0v) is 16.7. The summed E-state index contributed by atoms with van der Waals surface area (Å²) in [6.45, 7) is 0.183. The minimum Gasteiger partial charge on any atom is -0.493 e. The molecular formula is C20H17F3N2O5S. The average Bonchev–Trinajstić information content (AvgIpc) is 3.22. The van der Waals surface area contributed by atoms with E-state index < -0.39 is 21.6 Å². The van der Waals surface area contributed by atoms with Gasteiger partial charge in [-0.25, -0.2) is 4.98 Å². The van der Waals surface area contributed by atoms with Crippen LogP contribution in [0, 0.1) is 5.92 Å². The van der Waals surface area contributed by atoms with E-state index >= 15 is 0 Å². The maximum atomic E-state index is 12.8. The molecule has 0 fully saturated rings. The number of aliphatic hydroxyl groups is 1. The number of nitrogens with zero attached hydrogens (tertiary/aromatic N) is 1. The molecule has 2 heterocycles. The average molecular weight is 454 g/mol. The predicted octanol–water partition coefficient (Wildman–Crippen LogP) is 3.89. The molecule has 1 aliphatic heterocycles. The maximum Gasteiger partial charge on any atom is 0.516 e. The summed E-state index contributed by atoms with van der Waals surface area (Å²) in [5, 5.41) is 10.7. The first-order chi connectivity index (χ1) is 14.7. The van der Waals surface area contributed by atoms with Crippen LogP contribution in [-0.4, -0.2) is 30.6 Å². The smallest absolute Gasteiger partial charge is 0.493 e. The Morgan fingerprint density at radius 2 is 1.97 bits per heavy atom. The van der Waals surface area contributed by atoms with Gasteiger partial charge in [0.15, 0.2) is 5.89 Å². The Labute approximate surface area is 175 Å². The van der Waals surface area contributed by atoms with Crippen molar-refractivity contribution in [3.63, 3.8) is 0 Å². The fourth-order valence-corrected chi connectivity index (χ4v) is 3.97. The summed E-state index contributed by atoms with van der Waals surface area (Å²) in [5.41, 5.74) is -4.49. The number of sulfonamides is 1. The molecule has 0 aliphatic carbocycles. The Morgan fingerprint density at radius 3 is 2.68 bits per heavy atom. The molecule has 0 saturated carbocycles. The van der Waals surface area contributed by atoms with Gasteiger partial charge in [0, 0.05) is 23.5 Å². The number of rotatable bonds is 5. The monoisotopic (exact) mass is 454 g/mol. The molecule has 31 heavy (non-hydrogen) atoms. The topological polar surface area (TPSA) is 102 Å². The summed E-state index contributed by atoms with van der Waals surface area (Å²) in [4.78, 5) is 4.04. The lowest BCUT2D eigenvalue weighted by Crippen LogP contribution is -2.30. The number of hydrogen-bond acceptors (Lipinski definition) is 6. The van der Waals surface area contributed by atoms with Crippen molar-refractivity contribution < 1.29 is 35.8 Å². The molecule has 11 heteroatoms. The highest BCUT2D eigenvalue weighted by Crippen LogP contribution is 2.40. The van der Waals surface area contributed by atoms with Gasteiger partial charge < -0.3 is 14.3 Å². The van der Waals surface area contributed by atoms with Crippen molar-refractivity contribution in [1.29, 1.82) is 0 Å². The second kappa shape index (κ2) is 7.89. The van der Waals surface area contributed by atoms with Crippen LogP contribution in [0.5, 0.6) is 5.75 Å². The number of ether oxygens (including phenoxy) is 1. The lowest BCUT2D eigenvalue weighted by molar-refractivity contribution is -0.0429. The van der Waals surface area contributed by atoms with Crippen molar-refractivity contribution >= 4 is 15.7 Å². The minimum absolute atomic E-state index is 0.183. The van der Waals surface area contributed by atoms with E-state index in [0.29, 0.717) is 29.2 Å². The van der Waals surface area contributed by atoms with E-state index in [0.717, 1.165) is 0 Å². The normalized spacial score (nSPS) is 18.8. The first kappa shape index (κ1) is 21.2.